The molecule has 0 spiro atoms. The number of ether oxygens (including phenoxy) is 1. The van der Waals surface area contributed by atoms with Gasteiger partial charge in [0.05, 0.1) is 31.3 Å². The second kappa shape index (κ2) is 7.17. The van der Waals surface area contributed by atoms with Crippen LogP contribution in [0.15, 0.2) is 41.9 Å². The van der Waals surface area contributed by atoms with Gasteiger partial charge in [-0.1, -0.05) is 23.2 Å². The number of anilines is 1. The molecule has 3 rings (SSSR count). The highest BCUT2D eigenvalue weighted by Crippen LogP contribution is 2.25. The average Bonchev–Trinajstić information content (AvgIpc) is 3.03. The molecule has 0 atom stereocenters. The molecule has 3 aromatic rings. The van der Waals surface area contributed by atoms with Crippen LogP contribution in [0.5, 0.6) is 0 Å². The quantitative estimate of drug-likeness (QED) is 0.681. The standard InChI is InChI=1S/C16H10Cl2N2O3S/c17-11-3-2-10(6-12(11)18)20-15(21)7-23-16(22)9-1-4-13-14(5-9)24-8-19-13/h1-6,8H,7H2,(H,20,21). The smallest absolute Gasteiger partial charge is 0.338 e. The third-order valence-electron chi connectivity index (χ3n) is 3.10. The molecule has 2 aromatic carbocycles. The summed E-state index contributed by atoms with van der Waals surface area (Å²) < 4.78 is 5.90. The van der Waals surface area contributed by atoms with Crippen LogP contribution in [0.25, 0.3) is 10.2 Å². The molecule has 24 heavy (non-hydrogen) atoms. The van der Waals surface area contributed by atoms with E-state index >= 15 is 0 Å². The van der Waals surface area contributed by atoms with E-state index in [1.54, 1.807) is 35.8 Å². The van der Waals surface area contributed by atoms with Crippen LogP contribution in [0.3, 0.4) is 0 Å². The van der Waals surface area contributed by atoms with Crippen molar-refractivity contribution in [1.29, 1.82) is 0 Å². The maximum atomic E-state index is 12.0. The van der Waals surface area contributed by atoms with E-state index in [2.05, 4.69) is 10.3 Å². The molecule has 5 nitrogen and oxygen atoms in total. The van der Waals surface area contributed by atoms with Gasteiger partial charge in [0, 0.05) is 5.69 Å². The molecule has 1 aromatic heterocycles. The van der Waals surface area contributed by atoms with Gasteiger partial charge in [-0.3, -0.25) is 4.79 Å². The largest absolute Gasteiger partial charge is 0.452 e. The van der Waals surface area contributed by atoms with E-state index in [-0.39, 0.29) is 0 Å². The summed E-state index contributed by atoms with van der Waals surface area (Å²) in [6, 6.07) is 9.72. The number of esters is 1. The molecule has 0 saturated heterocycles. The topological polar surface area (TPSA) is 68.3 Å². The van der Waals surface area contributed by atoms with Crippen molar-refractivity contribution < 1.29 is 14.3 Å². The summed E-state index contributed by atoms with van der Waals surface area (Å²) in [4.78, 5) is 28.0. The van der Waals surface area contributed by atoms with Crippen LogP contribution in [-0.4, -0.2) is 23.5 Å². The maximum Gasteiger partial charge on any atom is 0.338 e. The molecule has 1 amide bonds. The summed E-state index contributed by atoms with van der Waals surface area (Å²) >= 11 is 13.1. The number of carbonyl (C=O) groups excluding carboxylic acids is 2. The van der Waals surface area contributed by atoms with Crippen LogP contribution < -0.4 is 5.32 Å². The van der Waals surface area contributed by atoms with Crippen LogP contribution in [0.1, 0.15) is 10.4 Å². The number of thiazole rings is 1. The van der Waals surface area contributed by atoms with Gasteiger partial charge in [-0.25, -0.2) is 9.78 Å². The predicted molar refractivity (Wildman–Crippen MR) is 95.0 cm³/mol. The van der Waals surface area contributed by atoms with E-state index in [4.69, 9.17) is 27.9 Å². The number of aromatic nitrogens is 1. The molecule has 0 saturated carbocycles. The van der Waals surface area contributed by atoms with Gasteiger partial charge < -0.3 is 10.1 Å². The van der Waals surface area contributed by atoms with Crippen LogP contribution in [0.4, 0.5) is 5.69 Å². The number of fused-ring (bicyclic) bond motifs is 1. The summed E-state index contributed by atoms with van der Waals surface area (Å²) in [5, 5.41) is 3.29. The van der Waals surface area contributed by atoms with Crippen LogP contribution in [0, 0.1) is 0 Å². The third kappa shape index (κ3) is 3.84. The van der Waals surface area contributed by atoms with E-state index in [9.17, 15) is 9.59 Å². The zero-order chi connectivity index (χ0) is 17.1. The number of rotatable bonds is 4. The molecular weight excluding hydrogens is 371 g/mol. The van der Waals surface area contributed by atoms with Gasteiger partial charge in [0.15, 0.2) is 6.61 Å². The molecule has 122 valence electrons. The zero-order valence-corrected chi connectivity index (χ0v) is 14.4. The molecule has 0 aliphatic heterocycles. The first-order valence-corrected chi connectivity index (χ1v) is 8.42. The fourth-order valence-electron chi connectivity index (χ4n) is 1.97. The van der Waals surface area contributed by atoms with Crippen molar-refractivity contribution >= 4 is 62.3 Å². The minimum absolute atomic E-state index is 0.323. The SMILES string of the molecule is O=C(COC(=O)c1ccc2ncsc2c1)Nc1ccc(Cl)c(Cl)c1. The fraction of sp³-hybridized carbons (Fsp3) is 0.0625. The number of hydrogen-bond acceptors (Lipinski definition) is 5. The Hall–Kier alpha value is -2.15. The molecule has 0 bridgehead atoms. The molecule has 0 aliphatic carbocycles. The van der Waals surface area contributed by atoms with Gasteiger partial charge in [0.1, 0.15) is 0 Å². The van der Waals surface area contributed by atoms with Crippen molar-refractivity contribution in [1.82, 2.24) is 4.98 Å². The number of amides is 1. The first-order valence-electron chi connectivity index (χ1n) is 6.78. The van der Waals surface area contributed by atoms with Crippen molar-refractivity contribution in [2.45, 2.75) is 0 Å². The Labute approximate surface area is 151 Å². The molecule has 0 radical (unpaired) electrons. The summed E-state index contributed by atoms with van der Waals surface area (Å²) in [6.07, 6.45) is 0. The highest BCUT2D eigenvalue weighted by Gasteiger charge is 2.12. The van der Waals surface area contributed by atoms with Crippen molar-refractivity contribution in [3.63, 3.8) is 0 Å². The normalized spacial score (nSPS) is 10.6. The maximum absolute atomic E-state index is 12.0. The Morgan fingerprint density at radius 3 is 2.75 bits per heavy atom. The molecule has 1 heterocycles. The lowest BCUT2D eigenvalue weighted by Crippen LogP contribution is -2.20. The first-order chi connectivity index (χ1) is 11.5. The lowest BCUT2D eigenvalue weighted by atomic mass is 10.2. The van der Waals surface area contributed by atoms with Gasteiger partial charge in [-0.05, 0) is 36.4 Å². The van der Waals surface area contributed by atoms with E-state index < -0.39 is 18.5 Å². The Morgan fingerprint density at radius 2 is 1.96 bits per heavy atom. The van der Waals surface area contributed by atoms with E-state index in [0.717, 1.165) is 10.2 Å². The Balaban J connectivity index is 1.58. The van der Waals surface area contributed by atoms with Crippen molar-refractivity contribution in [3.05, 3.63) is 57.5 Å². The van der Waals surface area contributed by atoms with E-state index in [1.165, 1.54) is 17.4 Å². The highest BCUT2D eigenvalue weighted by molar-refractivity contribution is 7.16. The number of nitrogens with one attached hydrogen (secondary N) is 1. The summed E-state index contributed by atoms with van der Waals surface area (Å²) in [5.41, 5.74) is 3.35. The molecule has 8 heteroatoms. The average molecular weight is 381 g/mol. The number of hydrogen-bond donors (Lipinski definition) is 1. The van der Waals surface area contributed by atoms with Crippen LogP contribution in [0.2, 0.25) is 10.0 Å². The minimum atomic E-state index is -0.574. The van der Waals surface area contributed by atoms with E-state index in [1.807, 2.05) is 0 Å². The minimum Gasteiger partial charge on any atom is -0.452 e. The summed E-state index contributed by atoms with van der Waals surface area (Å²) in [6.45, 7) is -0.403. The second-order valence-electron chi connectivity index (χ2n) is 4.79. The number of carbonyl (C=O) groups is 2. The van der Waals surface area contributed by atoms with Gasteiger partial charge in [0.2, 0.25) is 0 Å². The van der Waals surface area contributed by atoms with Gasteiger partial charge in [-0.15, -0.1) is 11.3 Å². The monoisotopic (exact) mass is 380 g/mol. The lowest BCUT2D eigenvalue weighted by Gasteiger charge is -2.07. The Kier molecular flexibility index (Phi) is 4.99. The van der Waals surface area contributed by atoms with Crippen molar-refractivity contribution in [3.8, 4) is 0 Å². The molecule has 0 fully saturated rings. The van der Waals surface area contributed by atoms with Crippen LogP contribution >= 0.6 is 34.5 Å². The third-order valence-corrected chi connectivity index (χ3v) is 4.64. The lowest BCUT2D eigenvalue weighted by molar-refractivity contribution is -0.119. The summed E-state index contributed by atoms with van der Waals surface area (Å²) in [5.74, 6) is -1.05. The Morgan fingerprint density at radius 1 is 1.12 bits per heavy atom. The second-order valence-corrected chi connectivity index (χ2v) is 6.49. The predicted octanol–water partition coefficient (Wildman–Crippen LogP) is 4.40. The van der Waals surface area contributed by atoms with Crippen molar-refractivity contribution in [2.75, 3.05) is 11.9 Å². The first kappa shape index (κ1) is 16.7. The molecular formula is C16H10Cl2N2O3S. The highest BCUT2D eigenvalue weighted by atomic mass is 35.5. The number of halogens is 2. The van der Waals surface area contributed by atoms with Gasteiger partial charge >= 0.3 is 5.97 Å². The zero-order valence-electron chi connectivity index (χ0n) is 12.1. The van der Waals surface area contributed by atoms with E-state index in [0.29, 0.717) is 21.3 Å². The van der Waals surface area contributed by atoms with Crippen LogP contribution in [-0.2, 0) is 9.53 Å². The van der Waals surface area contributed by atoms with Gasteiger partial charge in [0.25, 0.3) is 5.91 Å². The summed E-state index contributed by atoms with van der Waals surface area (Å²) in [7, 11) is 0. The molecule has 1 N–H and O–H groups in total. The molecule has 0 aliphatic rings. The fourth-order valence-corrected chi connectivity index (χ4v) is 2.98. The Bertz CT molecular complexity index is 927. The van der Waals surface area contributed by atoms with Gasteiger partial charge in [-0.2, -0.15) is 0 Å². The number of benzene rings is 2. The molecule has 0 unspecified atom stereocenters. The van der Waals surface area contributed by atoms with Crippen molar-refractivity contribution in [2.24, 2.45) is 0 Å². The number of nitrogens with zero attached hydrogens (tertiary/aromatic N) is 1.